The summed E-state index contributed by atoms with van der Waals surface area (Å²) in [4.78, 5) is 17.9. The van der Waals surface area contributed by atoms with E-state index in [1.165, 1.54) is 0 Å². The van der Waals surface area contributed by atoms with E-state index < -0.39 is 0 Å². The number of amides is 1. The van der Waals surface area contributed by atoms with Crippen LogP contribution in [-0.2, 0) is 17.8 Å². The van der Waals surface area contributed by atoms with Crippen molar-refractivity contribution >= 4 is 11.9 Å². The third kappa shape index (κ3) is 2.78. The Morgan fingerprint density at radius 3 is 3.06 bits per heavy atom. The molecule has 94 valence electrons. The van der Waals surface area contributed by atoms with Gasteiger partial charge >= 0.3 is 0 Å². The van der Waals surface area contributed by atoms with Gasteiger partial charge in [0.05, 0.1) is 12.2 Å². The van der Waals surface area contributed by atoms with Crippen LogP contribution < -0.4 is 5.73 Å². The number of rotatable bonds is 3. The number of hydrogen-bond acceptors (Lipinski definition) is 4. The van der Waals surface area contributed by atoms with Gasteiger partial charge in [0.1, 0.15) is 5.76 Å². The molecule has 5 heteroatoms. The molecular weight excluding hydrogens is 218 g/mol. The van der Waals surface area contributed by atoms with E-state index in [2.05, 4.69) is 18.8 Å². The second-order valence-corrected chi connectivity index (χ2v) is 4.92. The number of anilines is 1. The molecule has 2 heterocycles. The van der Waals surface area contributed by atoms with E-state index in [-0.39, 0.29) is 11.9 Å². The Bertz CT molecular complexity index is 412. The largest absolute Gasteiger partial charge is 0.427 e. The number of nitrogen functional groups attached to an aromatic ring is 1. The van der Waals surface area contributed by atoms with Crippen LogP contribution in [0.1, 0.15) is 38.1 Å². The van der Waals surface area contributed by atoms with Gasteiger partial charge in [-0.05, 0) is 12.3 Å². The summed E-state index contributed by atoms with van der Waals surface area (Å²) in [6.07, 6.45) is 2.28. The average molecular weight is 237 g/mol. The van der Waals surface area contributed by atoms with Crippen LogP contribution in [0.15, 0.2) is 4.42 Å². The summed E-state index contributed by atoms with van der Waals surface area (Å²) in [5, 5.41) is 0. The first-order valence-electron chi connectivity index (χ1n) is 6.08. The zero-order valence-corrected chi connectivity index (χ0v) is 10.4. The zero-order valence-electron chi connectivity index (χ0n) is 10.4. The lowest BCUT2D eigenvalue weighted by atomic mass is 10.1. The van der Waals surface area contributed by atoms with Crippen LogP contribution >= 0.6 is 0 Å². The number of hydrogen-bond donors (Lipinski definition) is 1. The van der Waals surface area contributed by atoms with Crippen LogP contribution in [0.5, 0.6) is 0 Å². The normalized spacial score (nSPS) is 15.1. The number of aromatic nitrogens is 1. The van der Waals surface area contributed by atoms with Crippen LogP contribution in [0.3, 0.4) is 0 Å². The van der Waals surface area contributed by atoms with Crippen molar-refractivity contribution in [3.05, 3.63) is 11.5 Å². The summed E-state index contributed by atoms with van der Waals surface area (Å²) >= 11 is 0. The van der Waals surface area contributed by atoms with E-state index in [0.717, 1.165) is 30.8 Å². The third-order valence-electron chi connectivity index (χ3n) is 3.04. The molecule has 0 aliphatic carbocycles. The summed E-state index contributed by atoms with van der Waals surface area (Å²) in [6, 6.07) is 0.200. The number of carbonyl (C=O) groups is 1. The highest BCUT2D eigenvalue weighted by Crippen LogP contribution is 2.21. The minimum absolute atomic E-state index is 0.194. The van der Waals surface area contributed by atoms with Crippen LogP contribution in [0.2, 0.25) is 0 Å². The summed E-state index contributed by atoms with van der Waals surface area (Å²) in [5.74, 6) is 1.49. The number of oxazole rings is 1. The highest BCUT2D eigenvalue weighted by Gasteiger charge is 2.24. The number of fused-ring (bicyclic) bond motifs is 1. The molecule has 0 atom stereocenters. The van der Waals surface area contributed by atoms with E-state index in [1.807, 2.05) is 4.90 Å². The second-order valence-electron chi connectivity index (χ2n) is 4.92. The fourth-order valence-electron chi connectivity index (χ4n) is 2.00. The van der Waals surface area contributed by atoms with Crippen LogP contribution in [0.25, 0.3) is 0 Å². The van der Waals surface area contributed by atoms with E-state index in [4.69, 9.17) is 10.2 Å². The summed E-state index contributed by atoms with van der Waals surface area (Å²) in [6.45, 7) is 5.48. The summed E-state index contributed by atoms with van der Waals surface area (Å²) in [5.41, 5.74) is 6.40. The maximum atomic E-state index is 12.0. The third-order valence-corrected chi connectivity index (χ3v) is 3.04. The fourth-order valence-corrected chi connectivity index (χ4v) is 2.00. The molecule has 0 unspecified atom stereocenters. The van der Waals surface area contributed by atoms with Crippen LogP contribution in [0, 0.1) is 5.92 Å². The molecule has 0 saturated heterocycles. The van der Waals surface area contributed by atoms with Gasteiger partial charge in [0.25, 0.3) is 6.01 Å². The first-order valence-corrected chi connectivity index (χ1v) is 6.08. The Balaban J connectivity index is 1.95. The molecule has 0 aromatic carbocycles. The minimum Gasteiger partial charge on any atom is -0.427 e. The number of nitrogens with two attached hydrogens (primary N) is 1. The monoisotopic (exact) mass is 237 g/mol. The molecule has 0 saturated carbocycles. The molecule has 0 radical (unpaired) electrons. The lowest BCUT2D eigenvalue weighted by Gasteiger charge is -2.25. The van der Waals surface area contributed by atoms with Gasteiger partial charge in [-0.1, -0.05) is 13.8 Å². The molecular formula is C12H19N3O2. The zero-order chi connectivity index (χ0) is 12.4. The van der Waals surface area contributed by atoms with Crippen molar-refractivity contribution in [2.45, 2.75) is 39.7 Å². The molecule has 2 N–H and O–H groups in total. The number of nitrogens with zero attached hydrogens (tertiary/aromatic N) is 2. The molecule has 1 aromatic rings. The molecule has 2 rings (SSSR count). The molecule has 1 aliphatic heterocycles. The second kappa shape index (κ2) is 4.77. The SMILES string of the molecule is CC(C)CCC(=O)N1CCc2nc(N)oc2C1. The molecule has 0 bridgehead atoms. The molecule has 1 aromatic heterocycles. The highest BCUT2D eigenvalue weighted by molar-refractivity contribution is 5.76. The predicted molar refractivity (Wildman–Crippen MR) is 64.1 cm³/mol. The Labute approximate surface area is 101 Å². The topological polar surface area (TPSA) is 72.4 Å². The lowest BCUT2D eigenvalue weighted by Crippen LogP contribution is -2.35. The molecule has 1 amide bonds. The molecule has 5 nitrogen and oxygen atoms in total. The van der Waals surface area contributed by atoms with E-state index in [1.54, 1.807) is 0 Å². The Hall–Kier alpha value is -1.52. The molecule has 1 aliphatic rings. The van der Waals surface area contributed by atoms with Gasteiger partial charge < -0.3 is 15.1 Å². The van der Waals surface area contributed by atoms with Crippen molar-refractivity contribution in [1.29, 1.82) is 0 Å². The predicted octanol–water partition coefficient (Wildman–Crippen LogP) is 1.58. The standard InChI is InChI=1S/C12H19N3O2/c1-8(2)3-4-11(16)15-6-5-9-10(7-15)17-12(13)14-9/h8H,3-7H2,1-2H3,(H2,13,14). The van der Waals surface area contributed by atoms with Gasteiger partial charge in [-0.2, -0.15) is 4.98 Å². The van der Waals surface area contributed by atoms with Gasteiger partial charge in [-0.25, -0.2) is 0 Å². The van der Waals surface area contributed by atoms with Crippen molar-refractivity contribution in [3.8, 4) is 0 Å². The smallest absolute Gasteiger partial charge is 0.292 e. The lowest BCUT2D eigenvalue weighted by molar-refractivity contribution is -0.132. The number of carbonyl (C=O) groups excluding carboxylic acids is 1. The van der Waals surface area contributed by atoms with Gasteiger partial charge in [0.2, 0.25) is 5.91 Å². The van der Waals surface area contributed by atoms with Gasteiger partial charge in [-0.3, -0.25) is 4.79 Å². The van der Waals surface area contributed by atoms with Crippen LogP contribution in [0.4, 0.5) is 6.01 Å². The first kappa shape index (κ1) is 12.0. The van der Waals surface area contributed by atoms with Gasteiger partial charge in [-0.15, -0.1) is 0 Å². The van der Waals surface area contributed by atoms with Crippen molar-refractivity contribution in [3.63, 3.8) is 0 Å². The molecule has 0 spiro atoms. The van der Waals surface area contributed by atoms with Crippen molar-refractivity contribution in [2.75, 3.05) is 12.3 Å². The van der Waals surface area contributed by atoms with Crippen molar-refractivity contribution in [1.82, 2.24) is 9.88 Å². The van der Waals surface area contributed by atoms with E-state index in [0.29, 0.717) is 18.9 Å². The summed E-state index contributed by atoms with van der Waals surface area (Å²) in [7, 11) is 0. The maximum Gasteiger partial charge on any atom is 0.292 e. The Morgan fingerprint density at radius 1 is 1.59 bits per heavy atom. The van der Waals surface area contributed by atoms with Gasteiger partial charge in [0, 0.05) is 19.4 Å². The van der Waals surface area contributed by atoms with E-state index in [9.17, 15) is 4.79 Å². The maximum absolute atomic E-state index is 12.0. The van der Waals surface area contributed by atoms with Crippen molar-refractivity contribution in [2.24, 2.45) is 5.92 Å². The average Bonchev–Trinajstić information content (AvgIpc) is 2.64. The molecule has 0 fully saturated rings. The Kier molecular flexibility index (Phi) is 3.36. The fraction of sp³-hybridized carbons (Fsp3) is 0.667. The summed E-state index contributed by atoms with van der Waals surface area (Å²) < 4.78 is 5.28. The van der Waals surface area contributed by atoms with Gasteiger partial charge in [0.15, 0.2) is 0 Å². The van der Waals surface area contributed by atoms with Crippen LogP contribution in [-0.4, -0.2) is 22.3 Å². The minimum atomic E-state index is 0.194. The first-order chi connectivity index (χ1) is 8.06. The Morgan fingerprint density at radius 2 is 2.35 bits per heavy atom. The quantitative estimate of drug-likeness (QED) is 0.866. The van der Waals surface area contributed by atoms with Crippen molar-refractivity contribution < 1.29 is 9.21 Å². The molecule has 17 heavy (non-hydrogen) atoms. The van der Waals surface area contributed by atoms with E-state index >= 15 is 0 Å². The highest BCUT2D eigenvalue weighted by atomic mass is 16.4.